The Morgan fingerprint density at radius 2 is 1.70 bits per heavy atom. The molecule has 2 rings (SSSR count). The van der Waals surface area contributed by atoms with Gasteiger partial charge >= 0.3 is 5.97 Å². The van der Waals surface area contributed by atoms with Crippen LogP contribution in [0.5, 0.6) is 0 Å². The highest BCUT2D eigenvalue weighted by atomic mass is 32.2. The van der Waals surface area contributed by atoms with Crippen molar-refractivity contribution in [3.8, 4) is 0 Å². The molecule has 1 saturated heterocycles. The van der Waals surface area contributed by atoms with Crippen molar-refractivity contribution in [2.45, 2.75) is 57.7 Å². The Labute approximate surface area is 135 Å². The molecule has 1 aliphatic heterocycles. The molecule has 0 aromatic heterocycles. The van der Waals surface area contributed by atoms with Crippen molar-refractivity contribution in [2.24, 2.45) is 11.8 Å². The van der Waals surface area contributed by atoms with E-state index in [0.717, 1.165) is 6.26 Å². The smallest absolute Gasteiger partial charge is 0.303 e. The van der Waals surface area contributed by atoms with E-state index in [1.54, 1.807) is 13.8 Å². The first-order chi connectivity index (χ1) is 10.4. The molecule has 1 aliphatic carbocycles. The molecule has 0 amide bonds. The SMILES string of the molecule is CC(=O)C[C@@H]1[C@H](CC(=O)O)[C@@H](OS(C)(=O)=O)[C@H]2OC(C)(C)O[C@@H]12. The fourth-order valence-electron chi connectivity index (χ4n) is 3.53. The minimum Gasteiger partial charge on any atom is -0.481 e. The van der Waals surface area contributed by atoms with Gasteiger partial charge in [0.05, 0.1) is 18.8 Å². The molecule has 1 N–H and O–H groups in total. The predicted octanol–water partition coefficient (Wildman–Crippen LogP) is 0.551. The van der Waals surface area contributed by atoms with Gasteiger partial charge in [-0.05, 0) is 20.8 Å². The lowest BCUT2D eigenvalue weighted by Gasteiger charge is -2.28. The van der Waals surface area contributed by atoms with Gasteiger partial charge in [-0.3, -0.25) is 8.98 Å². The number of ether oxygens (including phenoxy) is 2. The number of aliphatic carboxylic acids is 1. The lowest BCUT2D eigenvalue weighted by molar-refractivity contribution is -0.173. The predicted molar refractivity (Wildman–Crippen MR) is 78.1 cm³/mol. The molecule has 8 nitrogen and oxygen atoms in total. The monoisotopic (exact) mass is 350 g/mol. The van der Waals surface area contributed by atoms with Gasteiger partial charge < -0.3 is 19.4 Å². The summed E-state index contributed by atoms with van der Waals surface area (Å²) < 4.78 is 39.8. The first-order valence-corrected chi connectivity index (χ1v) is 9.16. The molecule has 1 saturated carbocycles. The Bertz CT molecular complexity index is 596. The maximum atomic E-state index is 11.6. The van der Waals surface area contributed by atoms with E-state index >= 15 is 0 Å². The molecule has 5 atom stereocenters. The largest absolute Gasteiger partial charge is 0.481 e. The Morgan fingerprint density at radius 1 is 1.13 bits per heavy atom. The molecule has 0 radical (unpaired) electrons. The number of fused-ring (bicyclic) bond motifs is 1. The van der Waals surface area contributed by atoms with Crippen LogP contribution in [0.4, 0.5) is 0 Å². The topological polar surface area (TPSA) is 116 Å². The van der Waals surface area contributed by atoms with Crippen molar-refractivity contribution in [3.05, 3.63) is 0 Å². The molecule has 9 heteroatoms. The number of ketones is 1. The average molecular weight is 350 g/mol. The van der Waals surface area contributed by atoms with Crippen LogP contribution in [0.3, 0.4) is 0 Å². The van der Waals surface area contributed by atoms with Crippen LogP contribution in [0.25, 0.3) is 0 Å². The molecule has 0 aromatic rings. The van der Waals surface area contributed by atoms with Crippen molar-refractivity contribution < 1.29 is 36.8 Å². The fraction of sp³-hybridized carbons (Fsp3) is 0.857. The molecular formula is C14H22O8S. The summed E-state index contributed by atoms with van der Waals surface area (Å²) in [6.45, 7) is 4.76. The Morgan fingerprint density at radius 3 is 2.17 bits per heavy atom. The van der Waals surface area contributed by atoms with E-state index < -0.39 is 52.0 Å². The lowest BCUT2D eigenvalue weighted by atomic mass is 9.87. The van der Waals surface area contributed by atoms with Crippen LogP contribution in [-0.4, -0.2) is 55.6 Å². The quantitative estimate of drug-likeness (QED) is 0.690. The minimum absolute atomic E-state index is 0.0855. The number of carbonyl (C=O) groups is 2. The molecule has 132 valence electrons. The second-order valence-corrected chi connectivity index (χ2v) is 8.26. The van der Waals surface area contributed by atoms with Crippen molar-refractivity contribution in [2.75, 3.05) is 6.26 Å². The second-order valence-electron chi connectivity index (χ2n) is 6.66. The standard InChI is InChI=1S/C14H22O8S/c1-7(15)5-8-9(6-10(16)17)12(22-23(4,18)19)13-11(8)20-14(2,3)21-13/h8-9,11-13H,5-6H2,1-4H3,(H,16,17)/t8-,9+,11+,12-,13+/m1/s1. The third-order valence-electron chi connectivity index (χ3n) is 4.10. The highest BCUT2D eigenvalue weighted by Crippen LogP contribution is 2.48. The number of Topliss-reactive ketones (excluding diaryl/α,β-unsaturated/α-hetero) is 1. The van der Waals surface area contributed by atoms with Gasteiger partial charge in [0.15, 0.2) is 5.79 Å². The van der Waals surface area contributed by atoms with Crippen LogP contribution in [-0.2, 0) is 33.4 Å². The molecular weight excluding hydrogens is 328 g/mol. The molecule has 0 unspecified atom stereocenters. The first-order valence-electron chi connectivity index (χ1n) is 7.35. The van der Waals surface area contributed by atoms with Gasteiger partial charge in [-0.1, -0.05) is 0 Å². The van der Waals surface area contributed by atoms with Gasteiger partial charge in [0.2, 0.25) is 0 Å². The van der Waals surface area contributed by atoms with E-state index in [1.165, 1.54) is 6.92 Å². The highest BCUT2D eigenvalue weighted by molar-refractivity contribution is 7.86. The van der Waals surface area contributed by atoms with E-state index in [4.69, 9.17) is 18.8 Å². The van der Waals surface area contributed by atoms with Crippen LogP contribution < -0.4 is 0 Å². The maximum Gasteiger partial charge on any atom is 0.303 e. The number of carboxylic acid groups (broad SMARTS) is 1. The molecule has 0 spiro atoms. The normalized spacial score (nSPS) is 35.9. The molecule has 0 bridgehead atoms. The summed E-state index contributed by atoms with van der Waals surface area (Å²) in [4.78, 5) is 22.7. The Hall–Kier alpha value is -1.03. The summed E-state index contributed by atoms with van der Waals surface area (Å²) in [5.74, 6) is -3.32. The molecule has 23 heavy (non-hydrogen) atoms. The molecule has 0 aromatic carbocycles. The second kappa shape index (κ2) is 6.12. The van der Waals surface area contributed by atoms with Crippen LogP contribution in [0.15, 0.2) is 0 Å². The molecule has 2 fully saturated rings. The van der Waals surface area contributed by atoms with Gasteiger partial charge in [0, 0.05) is 18.3 Å². The zero-order valence-corrected chi connectivity index (χ0v) is 14.3. The average Bonchev–Trinajstić information content (AvgIpc) is 2.74. The fourth-order valence-corrected chi connectivity index (χ4v) is 4.19. The summed E-state index contributed by atoms with van der Waals surface area (Å²) >= 11 is 0. The molecule has 1 heterocycles. The third kappa shape index (κ3) is 4.28. The van der Waals surface area contributed by atoms with E-state index in [-0.39, 0.29) is 18.6 Å². The summed E-state index contributed by atoms with van der Waals surface area (Å²) in [5.41, 5.74) is 0. The maximum absolute atomic E-state index is 11.6. The van der Waals surface area contributed by atoms with Crippen molar-refractivity contribution >= 4 is 21.9 Å². The van der Waals surface area contributed by atoms with Crippen LogP contribution in [0, 0.1) is 11.8 Å². The van der Waals surface area contributed by atoms with Gasteiger partial charge in [-0.2, -0.15) is 8.42 Å². The van der Waals surface area contributed by atoms with Crippen molar-refractivity contribution in [1.29, 1.82) is 0 Å². The lowest BCUT2D eigenvalue weighted by Crippen LogP contribution is -2.37. The van der Waals surface area contributed by atoms with Crippen molar-refractivity contribution in [1.82, 2.24) is 0 Å². The Balaban J connectivity index is 2.38. The number of hydrogen-bond acceptors (Lipinski definition) is 7. The zero-order valence-electron chi connectivity index (χ0n) is 13.5. The van der Waals surface area contributed by atoms with E-state index in [9.17, 15) is 18.0 Å². The first kappa shape index (κ1) is 18.3. The van der Waals surface area contributed by atoms with Gasteiger partial charge in [-0.15, -0.1) is 0 Å². The third-order valence-corrected chi connectivity index (χ3v) is 4.67. The highest BCUT2D eigenvalue weighted by Gasteiger charge is 2.60. The zero-order chi connectivity index (χ0) is 17.6. The van der Waals surface area contributed by atoms with Crippen LogP contribution in [0.1, 0.15) is 33.6 Å². The van der Waals surface area contributed by atoms with E-state index in [0.29, 0.717) is 0 Å². The van der Waals surface area contributed by atoms with Gasteiger partial charge in [0.1, 0.15) is 18.0 Å². The van der Waals surface area contributed by atoms with E-state index in [2.05, 4.69) is 0 Å². The van der Waals surface area contributed by atoms with Crippen LogP contribution >= 0.6 is 0 Å². The van der Waals surface area contributed by atoms with E-state index in [1.807, 2.05) is 0 Å². The van der Waals surface area contributed by atoms with Gasteiger partial charge in [0.25, 0.3) is 10.1 Å². The molecule has 2 aliphatic rings. The number of carboxylic acids is 1. The van der Waals surface area contributed by atoms with Crippen LogP contribution in [0.2, 0.25) is 0 Å². The van der Waals surface area contributed by atoms with Gasteiger partial charge in [-0.25, -0.2) is 0 Å². The minimum atomic E-state index is -3.82. The van der Waals surface area contributed by atoms with Crippen molar-refractivity contribution in [3.63, 3.8) is 0 Å². The Kier molecular flexibility index (Phi) is 4.87. The summed E-state index contributed by atoms with van der Waals surface area (Å²) in [6, 6.07) is 0. The summed E-state index contributed by atoms with van der Waals surface area (Å²) in [5, 5.41) is 9.14. The summed E-state index contributed by atoms with van der Waals surface area (Å²) in [6.07, 6.45) is -1.63. The summed E-state index contributed by atoms with van der Waals surface area (Å²) in [7, 11) is -3.82. The number of carbonyl (C=O) groups excluding carboxylic acids is 1. The number of rotatable bonds is 6. The number of hydrogen-bond donors (Lipinski definition) is 1.